The summed E-state index contributed by atoms with van der Waals surface area (Å²) in [6.45, 7) is 10.6. The smallest absolute Gasteiger partial charge is 0.254 e. The van der Waals surface area contributed by atoms with Crippen molar-refractivity contribution < 1.29 is 9.53 Å². The fraction of sp³-hybridized carbons (Fsp3) is 0.435. The zero-order valence-corrected chi connectivity index (χ0v) is 16.6. The fourth-order valence-corrected chi connectivity index (χ4v) is 3.61. The third-order valence-electron chi connectivity index (χ3n) is 5.22. The number of benzene rings is 2. The van der Waals surface area contributed by atoms with E-state index in [4.69, 9.17) is 4.74 Å². The van der Waals surface area contributed by atoms with E-state index in [0.29, 0.717) is 13.1 Å². The summed E-state index contributed by atoms with van der Waals surface area (Å²) in [5.41, 5.74) is 3.11. The highest BCUT2D eigenvalue weighted by Gasteiger charge is 2.29. The minimum Gasteiger partial charge on any atom is -0.367 e. The zero-order valence-electron chi connectivity index (χ0n) is 16.6. The fourth-order valence-electron chi connectivity index (χ4n) is 3.61. The molecule has 0 saturated carbocycles. The van der Waals surface area contributed by atoms with E-state index < -0.39 is 0 Å². The van der Waals surface area contributed by atoms with Crippen LogP contribution < -0.4 is 0 Å². The molecular weight excluding hydrogens is 336 g/mol. The van der Waals surface area contributed by atoms with E-state index in [2.05, 4.69) is 43.0 Å². The molecule has 4 nitrogen and oxygen atoms in total. The SMILES string of the molecule is CCN(CC)Cc1ccc(C(=O)N2CC(C)OC(c3ccccc3)C2)cc1. The summed E-state index contributed by atoms with van der Waals surface area (Å²) < 4.78 is 6.08. The second kappa shape index (κ2) is 9.16. The van der Waals surface area contributed by atoms with Crippen molar-refractivity contribution in [1.82, 2.24) is 9.80 Å². The first-order chi connectivity index (χ1) is 13.1. The lowest BCUT2D eigenvalue weighted by Gasteiger charge is -2.37. The predicted octanol–water partition coefficient (Wildman–Crippen LogP) is 4.13. The van der Waals surface area contributed by atoms with Crippen LogP contribution in [0.1, 0.15) is 48.4 Å². The van der Waals surface area contributed by atoms with E-state index in [1.807, 2.05) is 42.2 Å². The van der Waals surface area contributed by atoms with Crippen molar-refractivity contribution in [2.75, 3.05) is 26.2 Å². The average molecular weight is 367 g/mol. The Morgan fingerprint density at radius 3 is 2.33 bits per heavy atom. The number of carbonyl (C=O) groups is 1. The third-order valence-corrected chi connectivity index (χ3v) is 5.22. The maximum absolute atomic E-state index is 13.0. The summed E-state index contributed by atoms with van der Waals surface area (Å²) in [5.74, 6) is 0.0838. The highest BCUT2D eigenvalue weighted by Crippen LogP contribution is 2.26. The summed E-state index contributed by atoms with van der Waals surface area (Å²) in [6.07, 6.45) is -0.0457. The van der Waals surface area contributed by atoms with Crippen LogP contribution in [0.5, 0.6) is 0 Å². The van der Waals surface area contributed by atoms with Gasteiger partial charge in [-0.25, -0.2) is 0 Å². The number of hydrogen-bond acceptors (Lipinski definition) is 3. The molecular formula is C23H30N2O2. The molecule has 2 aromatic rings. The Labute approximate surface area is 162 Å². The van der Waals surface area contributed by atoms with Gasteiger partial charge < -0.3 is 9.64 Å². The first-order valence-electron chi connectivity index (χ1n) is 9.91. The molecule has 3 rings (SSSR count). The molecule has 1 heterocycles. The topological polar surface area (TPSA) is 32.8 Å². The van der Waals surface area contributed by atoms with Gasteiger partial charge in [0.15, 0.2) is 0 Å². The molecule has 1 amide bonds. The van der Waals surface area contributed by atoms with E-state index in [9.17, 15) is 4.79 Å². The minimum absolute atomic E-state index is 0.0230. The molecule has 0 spiro atoms. The monoisotopic (exact) mass is 366 g/mol. The van der Waals surface area contributed by atoms with Crippen LogP contribution in [0.3, 0.4) is 0 Å². The van der Waals surface area contributed by atoms with Gasteiger partial charge >= 0.3 is 0 Å². The molecule has 2 unspecified atom stereocenters. The number of nitrogens with zero attached hydrogens (tertiary/aromatic N) is 2. The van der Waals surface area contributed by atoms with Crippen LogP contribution in [0.25, 0.3) is 0 Å². The number of amides is 1. The van der Waals surface area contributed by atoms with Crippen LogP contribution in [-0.4, -0.2) is 48.0 Å². The van der Waals surface area contributed by atoms with Crippen LogP contribution >= 0.6 is 0 Å². The molecule has 0 aromatic heterocycles. The van der Waals surface area contributed by atoms with Gasteiger partial charge in [0, 0.05) is 18.7 Å². The first-order valence-corrected chi connectivity index (χ1v) is 9.91. The molecule has 0 N–H and O–H groups in total. The lowest BCUT2D eigenvalue weighted by atomic mass is 10.0. The van der Waals surface area contributed by atoms with Gasteiger partial charge in [0.25, 0.3) is 5.91 Å². The van der Waals surface area contributed by atoms with Crippen molar-refractivity contribution >= 4 is 5.91 Å². The number of ether oxygens (including phenoxy) is 1. The normalized spacial score (nSPS) is 20.1. The Morgan fingerprint density at radius 1 is 1.04 bits per heavy atom. The van der Waals surface area contributed by atoms with Crippen molar-refractivity contribution in [1.29, 1.82) is 0 Å². The molecule has 2 atom stereocenters. The standard InChI is InChI=1S/C23H30N2O2/c1-4-24(5-2)16-19-11-13-21(14-12-19)23(26)25-15-18(3)27-22(17-25)20-9-7-6-8-10-20/h6-14,18,22H,4-5,15-17H2,1-3H3. The van der Waals surface area contributed by atoms with E-state index in [1.165, 1.54) is 5.56 Å². The van der Waals surface area contributed by atoms with Crippen LogP contribution in [0.4, 0.5) is 0 Å². The number of morpholine rings is 1. The van der Waals surface area contributed by atoms with Crippen LogP contribution in [-0.2, 0) is 11.3 Å². The van der Waals surface area contributed by atoms with Gasteiger partial charge in [-0.15, -0.1) is 0 Å². The molecule has 0 bridgehead atoms. The second-order valence-electron chi connectivity index (χ2n) is 7.21. The molecule has 1 fully saturated rings. The van der Waals surface area contributed by atoms with Crippen LogP contribution in [0, 0.1) is 0 Å². The summed E-state index contributed by atoms with van der Waals surface area (Å²) in [5, 5.41) is 0. The highest BCUT2D eigenvalue weighted by atomic mass is 16.5. The van der Waals surface area contributed by atoms with Crippen molar-refractivity contribution in [2.24, 2.45) is 0 Å². The van der Waals surface area contributed by atoms with Gasteiger partial charge in [0.1, 0.15) is 6.10 Å². The Kier molecular flexibility index (Phi) is 6.64. The van der Waals surface area contributed by atoms with Crippen molar-refractivity contribution in [2.45, 2.75) is 39.5 Å². The number of hydrogen-bond donors (Lipinski definition) is 0. The van der Waals surface area contributed by atoms with E-state index in [1.54, 1.807) is 0 Å². The molecule has 144 valence electrons. The molecule has 2 aromatic carbocycles. The minimum atomic E-state index is -0.0687. The van der Waals surface area contributed by atoms with Crippen LogP contribution in [0.15, 0.2) is 54.6 Å². The van der Waals surface area contributed by atoms with E-state index >= 15 is 0 Å². The zero-order chi connectivity index (χ0) is 19.2. The highest BCUT2D eigenvalue weighted by molar-refractivity contribution is 5.94. The molecule has 1 saturated heterocycles. The average Bonchev–Trinajstić information content (AvgIpc) is 2.72. The first kappa shape index (κ1) is 19.6. The molecule has 4 heteroatoms. The Bertz CT molecular complexity index is 726. The lowest BCUT2D eigenvalue weighted by Crippen LogP contribution is -2.45. The van der Waals surface area contributed by atoms with Gasteiger partial charge in [0.05, 0.1) is 12.6 Å². The maximum atomic E-state index is 13.0. The molecule has 27 heavy (non-hydrogen) atoms. The van der Waals surface area contributed by atoms with E-state index in [-0.39, 0.29) is 18.1 Å². The van der Waals surface area contributed by atoms with Gasteiger partial charge in [0.2, 0.25) is 0 Å². The summed E-state index contributed by atoms with van der Waals surface area (Å²) in [7, 11) is 0. The predicted molar refractivity (Wildman–Crippen MR) is 109 cm³/mol. The Morgan fingerprint density at radius 2 is 1.70 bits per heavy atom. The molecule has 1 aliphatic heterocycles. The van der Waals surface area contributed by atoms with E-state index in [0.717, 1.165) is 30.8 Å². The van der Waals surface area contributed by atoms with Gasteiger partial charge in [-0.1, -0.05) is 56.3 Å². The Balaban J connectivity index is 1.69. The summed E-state index contributed by atoms with van der Waals surface area (Å²) >= 11 is 0. The van der Waals surface area contributed by atoms with Gasteiger partial charge in [-0.05, 0) is 43.3 Å². The van der Waals surface area contributed by atoms with Gasteiger partial charge in [-0.3, -0.25) is 9.69 Å². The van der Waals surface area contributed by atoms with Crippen molar-refractivity contribution in [3.05, 3.63) is 71.3 Å². The number of rotatable bonds is 6. The quantitative estimate of drug-likeness (QED) is 0.771. The Hall–Kier alpha value is -2.17. The molecule has 1 aliphatic rings. The maximum Gasteiger partial charge on any atom is 0.254 e. The van der Waals surface area contributed by atoms with Crippen molar-refractivity contribution in [3.8, 4) is 0 Å². The second-order valence-corrected chi connectivity index (χ2v) is 7.21. The number of carbonyl (C=O) groups excluding carboxylic acids is 1. The largest absolute Gasteiger partial charge is 0.367 e. The third kappa shape index (κ3) is 4.96. The summed E-state index contributed by atoms with van der Waals surface area (Å²) in [6, 6.07) is 18.2. The lowest BCUT2D eigenvalue weighted by molar-refractivity contribution is -0.0691. The summed E-state index contributed by atoms with van der Waals surface area (Å²) in [4.78, 5) is 17.3. The molecule has 0 radical (unpaired) electrons. The molecule has 0 aliphatic carbocycles. The van der Waals surface area contributed by atoms with Crippen LogP contribution in [0.2, 0.25) is 0 Å². The van der Waals surface area contributed by atoms with Gasteiger partial charge in [-0.2, -0.15) is 0 Å². The van der Waals surface area contributed by atoms with Crippen molar-refractivity contribution in [3.63, 3.8) is 0 Å².